The van der Waals surface area contributed by atoms with Gasteiger partial charge in [0.25, 0.3) is 0 Å². The minimum absolute atomic E-state index is 0.00675. The van der Waals surface area contributed by atoms with Crippen LogP contribution in [0.25, 0.3) is 0 Å². The van der Waals surface area contributed by atoms with E-state index in [1.165, 1.54) is 12.3 Å². The highest BCUT2D eigenvalue weighted by Gasteiger charge is 2.35. The molecule has 6 nitrogen and oxygen atoms in total. The van der Waals surface area contributed by atoms with Crippen molar-refractivity contribution < 1.29 is 27.4 Å². The Morgan fingerprint density at radius 2 is 2.33 bits per heavy atom. The normalized spacial score (nSPS) is 18.3. The Balaban J connectivity index is 1.82. The highest BCUT2D eigenvalue weighted by molar-refractivity contribution is 5.74. The summed E-state index contributed by atoms with van der Waals surface area (Å²) in [7, 11) is 0. The Labute approximate surface area is 137 Å². The number of hydrogen-bond acceptors (Lipinski definition) is 4. The van der Waals surface area contributed by atoms with E-state index in [0.717, 1.165) is 12.5 Å². The van der Waals surface area contributed by atoms with Gasteiger partial charge in [-0.1, -0.05) is 6.92 Å². The molecular weight excluding hydrogens is 327 g/mol. The molecule has 1 aromatic heterocycles. The maximum atomic E-state index is 12.8. The molecule has 1 saturated heterocycles. The van der Waals surface area contributed by atoms with Crippen LogP contribution in [0.2, 0.25) is 0 Å². The molecule has 2 heterocycles. The molecule has 1 aliphatic rings. The van der Waals surface area contributed by atoms with Gasteiger partial charge >= 0.3 is 12.2 Å². The summed E-state index contributed by atoms with van der Waals surface area (Å²) in [6, 6.07) is 1.83. The Hall–Kier alpha value is -2.03. The minimum atomic E-state index is -4.53. The lowest BCUT2D eigenvalue weighted by atomic mass is 10.2. The fraction of sp³-hybridized carbons (Fsp3) is 0.600. The first-order valence-electron chi connectivity index (χ1n) is 7.70. The van der Waals surface area contributed by atoms with Gasteiger partial charge in [0.1, 0.15) is 12.2 Å². The molecule has 0 aliphatic carbocycles. The zero-order valence-electron chi connectivity index (χ0n) is 13.3. The van der Waals surface area contributed by atoms with E-state index in [9.17, 15) is 18.0 Å². The molecule has 0 bridgehead atoms. The Morgan fingerprint density at radius 3 is 3.04 bits per heavy atom. The molecule has 1 aliphatic heterocycles. The number of halogens is 3. The summed E-state index contributed by atoms with van der Waals surface area (Å²) >= 11 is 0. The number of nitrogens with zero attached hydrogens (tertiary/aromatic N) is 2. The third kappa shape index (κ3) is 4.73. The van der Waals surface area contributed by atoms with Crippen LogP contribution in [-0.2, 0) is 10.9 Å². The molecule has 0 radical (unpaired) electrons. The zero-order valence-corrected chi connectivity index (χ0v) is 13.3. The van der Waals surface area contributed by atoms with Crippen LogP contribution >= 0.6 is 0 Å². The van der Waals surface area contributed by atoms with Gasteiger partial charge in [-0.2, -0.15) is 13.2 Å². The molecule has 0 aromatic carbocycles. The van der Waals surface area contributed by atoms with Gasteiger partial charge in [-0.15, -0.1) is 0 Å². The Bertz CT molecular complexity index is 554. The van der Waals surface area contributed by atoms with Crippen molar-refractivity contribution in [3.05, 3.63) is 23.9 Å². The molecule has 1 fully saturated rings. The summed E-state index contributed by atoms with van der Waals surface area (Å²) in [5, 5.41) is 2.64. The van der Waals surface area contributed by atoms with Crippen LogP contribution in [0.5, 0.6) is 5.88 Å². The second-order valence-electron chi connectivity index (χ2n) is 5.26. The van der Waals surface area contributed by atoms with Gasteiger partial charge in [0.2, 0.25) is 5.88 Å². The number of amides is 2. The summed E-state index contributed by atoms with van der Waals surface area (Å²) in [4.78, 5) is 17.4. The van der Waals surface area contributed by atoms with Crippen LogP contribution < -0.4 is 10.1 Å². The maximum absolute atomic E-state index is 12.8. The first-order valence-corrected chi connectivity index (χ1v) is 7.70. The summed E-state index contributed by atoms with van der Waals surface area (Å²) < 4.78 is 48.8. The highest BCUT2D eigenvalue weighted by atomic mass is 19.4. The monoisotopic (exact) mass is 347 g/mol. The number of aromatic nitrogens is 1. The Kier molecular flexibility index (Phi) is 6.24. The number of hydrogen-bond donors (Lipinski definition) is 1. The van der Waals surface area contributed by atoms with Crippen molar-refractivity contribution in [1.82, 2.24) is 15.2 Å². The van der Waals surface area contributed by atoms with Crippen LogP contribution in [-0.4, -0.2) is 54.9 Å². The molecule has 0 saturated carbocycles. The van der Waals surface area contributed by atoms with Crippen molar-refractivity contribution in [2.45, 2.75) is 25.6 Å². The molecule has 2 rings (SSSR count). The molecule has 134 valence electrons. The van der Waals surface area contributed by atoms with E-state index in [-0.39, 0.29) is 25.2 Å². The van der Waals surface area contributed by atoms with Gasteiger partial charge in [0, 0.05) is 12.7 Å². The lowest BCUT2D eigenvalue weighted by Crippen LogP contribution is -2.52. The van der Waals surface area contributed by atoms with Crippen LogP contribution in [0.15, 0.2) is 18.3 Å². The van der Waals surface area contributed by atoms with Crippen LogP contribution in [0.1, 0.15) is 18.9 Å². The lowest BCUT2D eigenvalue weighted by molar-refractivity contribution is -0.139. The number of carbonyl (C=O) groups excluding carboxylic acids is 1. The van der Waals surface area contributed by atoms with Crippen LogP contribution in [0, 0.1) is 0 Å². The molecule has 1 N–H and O–H groups in total. The number of rotatable bonds is 5. The van der Waals surface area contributed by atoms with Crippen LogP contribution in [0.3, 0.4) is 0 Å². The van der Waals surface area contributed by atoms with Crippen molar-refractivity contribution in [1.29, 1.82) is 0 Å². The summed E-state index contributed by atoms with van der Waals surface area (Å²) in [5.41, 5.74) is -0.935. The predicted octanol–water partition coefficient (Wildman–Crippen LogP) is 2.30. The molecule has 1 atom stereocenters. The van der Waals surface area contributed by atoms with Gasteiger partial charge in [-0.25, -0.2) is 9.78 Å². The average molecular weight is 347 g/mol. The number of morpholine rings is 1. The van der Waals surface area contributed by atoms with E-state index >= 15 is 0 Å². The fourth-order valence-corrected chi connectivity index (χ4v) is 2.39. The number of urea groups is 1. The predicted molar refractivity (Wildman–Crippen MR) is 79.7 cm³/mol. The lowest BCUT2D eigenvalue weighted by Gasteiger charge is -2.35. The van der Waals surface area contributed by atoms with E-state index in [0.29, 0.717) is 19.8 Å². The van der Waals surface area contributed by atoms with E-state index in [1.807, 2.05) is 6.92 Å². The smallest absolute Gasteiger partial charge is 0.421 e. The third-order valence-electron chi connectivity index (χ3n) is 3.65. The molecule has 24 heavy (non-hydrogen) atoms. The zero-order chi connectivity index (χ0) is 17.6. The maximum Gasteiger partial charge on any atom is 0.421 e. The summed E-state index contributed by atoms with van der Waals surface area (Å²) in [6.45, 7) is 3.40. The van der Waals surface area contributed by atoms with E-state index in [2.05, 4.69) is 10.3 Å². The first kappa shape index (κ1) is 18.3. The van der Waals surface area contributed by atoms with Gasteiger partial charge in [-0.3, -0.25) is 0 Å². The van der Waals surface area contributed by atoms with Crippen molar-refractivity contribution in [2.75, 3.05) is 32.9 Å². The molecule has 1 aromatic rings. The van der Waals surface area contributed by atoms with Crippen molar-refractivity contribution in [3.8, 4) is 5.88 Å². The summed E-state index contributed by atoms with van der Waals surface area (Å²) in [6.07, 6.45) is -2.54. The number of carbonyl (C=O) groups is 1. The van der Waals surface area contributed by atoms with Crippen molar-refractivity contribution >= 4 is 6.03 Å². The largest absolute Gasteiger partial charge is 0.475 e. The first-order chi connectivity index (χ1) is 11.4. The van der Waals surface area contributed by atoms with Gasteiger partial charge < -0.3 is 19.7 Å². The topological polar surface area (TPSA) is 63.7 Å². The quantitative estimate of drug-likeness (QED) is 0.830. The van der Waals surface area contributed by atoms with E-state index in [4.69, 9.17) is 9.47 Å². The third-order valence-corrected chi connectivity index (χ3v) is 3.65. The fourth-order valence-electron chi connectivity index (χ4n) is 2.39. The standard InChI is InChI=1S/C15H20F3N3O3/c1-2-11-10-23-9-7-21(11)14(22)20-6-8-24-13-12(15(16,17)18)4-3-5-19-13/h3-5,11H,2,6-10H2,1H3,(H,20,22). The number of ether oxygens (including phenoxy) is 2. The highest BCUT2D eigenvalue weighted by Crippen LogP contribution is 2.34. The molecule has 2 amide bonds. The average Bonchev–Trinajstić information content (AvgIpc) is 2.58. The second kappa shape index (κ2) is 8.18. The number of nitrogens with one attached hydrogen (secondary N) is 1. The van der Waals surface area contributed by atoms with Crippen molar-refractivity contribution in [3.63, 3.8) is 0 Å². The summed E-state index contributed by atoms with van der Waals surface area (Å²) in [5.74, 6) is -0.489. The van der Waals surface area contributed by atoms with Gasteiger partial charge in [0.15, 0.2) is 0 Å². The van der Waals surface area contributed by atoms with Gasteiger partial charge in [-0.05, 0) is 18.6 Å². The molecular formula is C15H20F3N3O3. The van der Waals surface area contributed by atoms with Crippen molar-refractivity contribution in [2.24, 2.45) is 0 Å². The van der Waals surface area contributed by atoms with Crippen LogP contribution in [0.4, 0.5) is 18.0 Å². The SMILES string of the molecule is CCC1COCCN1C(=O)NCCOc1ncccc1C(F)(F)F. The molecule has 9 heteroatoms. The van der Waals surface area contributed by atoms with Gasteiger partial charge in [0.05, 0.1) is 25.8 Å². The van der Waals surface area contributed by atoms with E-state index in [1.54, 1.807) is 4.90 Å². The number of pyridine rings is 1. The molecule has 1 unspecified atom stereocenters. The second-order valence-corrected chi connectivity index (χ2v) is 5.26. The number of alkyl halides is 3. The van der Waals surface area contributed by atoms with E-state index < -0.39 is 17.6 Å². The Morgan fingerprint density at radius 1 is 1.54 bits per heavy atom. The molecule has 0 spiro atoms. The minimum Gasteiger partial charge on any atom is -0.475 e.